The van der Waals surface area contributed by atoms with Crippen molar-refractivity contribution in [2.75, 3.05) is 0 Å². The van der Waals surface area contributed by atoms with Crippen molar-refractivity contribution in [3.63, 3.8) is 0 Å². The van der Waals surface area contributed by atoms with E-state index >= 15 is 0 Å². The number of rotatable bonds is 4. The molecule has 0 unspecified atom stereocenters. The Kier molecular flexibility index (Phi) is 2.69. The van der Waals surface area contributed by atoms with E-state index < -0.39 is 22.3 Å². The van der Waals surface area contributed by atoms with Crippen LogP contribution in [0.2, 0.25) is 0 Å². The van der Waals surface area contributed by atoms with Gasteiger partial charge in [0.2, 0.25) is 6.33 Å². The van der Waals surface area contributed by atoms with E-state index in [1.807, 2.05) is 0 Å². The monoisotopic (exact) mass is 214 g/mol. The zero-order valence-corrected chi connectivity index (χ0v) is 8.25. The van der Waals surface area contributed by atoms with Crippen LogP contribution in [0.5, 0.6) is 0 Å². The van der Waals surface area contributed by atoms with Gasteiger partial charge in [-0.1, -0.05) is 4.98 Å². The van der Waals surface area contributed by atoms with Gasteiger partial charge in [-0.05, 0) is 18.8 Å². The van der Waals surface area contributed by atoms with Crippen molar-refractivity contribution in [1.29, 1.82) is 0 Å². The molecule has 0 spiro atoms. The van der Waals surface area contributed by atoms with Crippen LogP contribution in [-0.4, -0.2) is 30.8 Å². The van der Waals surface area contributed by atoms with Gasteiger partial charge in [-0.15, -0.1) is 0 Å². The minimum absolute atomic E-state index is 0.0309. The average molecular weight is 214 g/mol. The summed E-state index contributed by atoms with van der Waals surface area (Å²) >= 11 is 0. The molecule has 0 aliphatic heterocycles. The highest BCUT2D eigenvalue weighted by atomic mass is 16.6. The van der Waals surface area contributed by atoms with E-state index in [-0.39, 0.29) is 6.54 Å². The van der Waals surface area contributed by atoms with Gasteiger partial charge in [0.05, 0.1) is 12.0 Å². The molecule has 0 radical (unpaired) electrons. The molecule has 0 fully saturated rings. The second-order valence-corrected chi connectivity index (χ2v) is 3.69. The first-order valence-corrected chi connectivity index (χ1v) is 4.10. The summed E-state index contributed by atoms with van der Waals surface area (Å²) in [6.07, 6.45) is 1.14. The Morgan fingerprint density at radius 2 is 2.33 bits per heavy atom. The summed E-state index contributed by atoms with van der Waals surface area (Å²) in [6.45, 7) is 3.04. The van der Waals surface area contributed by atoms with E-state index in [1.165, 1.54) is 13.8 Å². The van der Waals surface area contributed by atoms with Crippen LogP contribution in [0.15, 0.2) is 6.33 Å². The van der Waals surface area contributed by atoms with Gasteiger partial charge in [0.15, 0.2) is 0 Å². The fourth-order valence-electron chi connectivity index (χ4n) is 0.917. The van der Waals surface area contributed by atoms with Crippen LogP contribution in [0.25, 0.3) is 0 Å². The molecule has 1 rings (SSSR count). The summed E-state index contributed by atoms with van der Waals surface area (Å²) in [5, 5.41) is 22.6. The Labute approximate surface area is 84.7 Å². The van der Waals surface area contributed by atoms with Crippen molar-refractivity contribution in [2.24, 2.45) is 5.41 Å². The van der Waals surface area contributed by atoms with Gasteiger partial charge >= 0.3 is 11.9 Å². The number of aromatic nitrogens is 3. The minimum atomic E-state index is -1.04. The quantitative estimate of drug-likeness (QED) is 0.569. The van der Waals surface area contributed by atoms with Crippen molar-refractivity contribution >= 4 is 11.9 Å². The lowest BCUT2D eigenvalue weighted by Gasteiger charge is -2.16. The van der Waals surface area contributed by atoms with Gasteiger partial charge in [0.1, 0.15) is 0 Å². The predicted octanol–water partition coefficient (Wildman–Crippen LogP) is 0.297. The van der Waals surface area contributed by atoms with Crippen LogP contribution >= 0.6 is 0 Å². The number of carboxylic acid groups (broad SMARTS) is 1. The van der Waals surface area contributed by atoms with E-state index in [2.05, 4.69) is 10.1 Å². The van der Waals surface area contributed by atoms with Gasteiger partial charge < -0.3 is 15.2 Å². The molecular weight excluding hydrogens is 204 g/mol. The number of aliphatic carboxylic acids is 1. The van der Waals surface area contributed by atoms with Crippen LogP contribution in [0.3, 0.4) is 0 Å². The molecule has 0 atom stereocenters. The molecule has 0 saturated heterocycles. The lowest BCUT2D eigenvalue weighted by atomic mass is 9.94. The topological polar surface area (TPSA) is 111 Å². The molecule has 0 aliphatic carbocycles. The van der Waals surface area contributed by atoms with Gasteiger partial charge in [0, 0.05) is 5.10 Å². The fraction of sp³-hybridized carbons (Fsp3) is 0.571. The number of nitro groups is 1. The summed E-state index contributed by atoms with van der Waals surface area (Å²) in [5.74, 6) is -1.53. The number of carboxylic acids is 1. The largest absolute Gasteiger partial charge is 0.490 e. The zero-order chi connectivity index (χ0) is 11.6. The van der Waals surface area contributed by atoms with Gasteiger partial charge in [-0.2, -0.15) is 4.68 Å². The van der Waals surface area contributed by atoms with Crippen LogP contribution in [0, 0.1) is 15.5 Å². The Balaban J connectivity index is 2.82. The molecule has 0 bridgehead atoms. The molecule has 0 aliphatic rings. The molecule has 8 heteroatoms. The standard InChI is InChI=1S/C7H10N4O4/c1-7(2,5(12)13)3-10-4-8-6(9-10)11(14)15/h4H,3H2,1-2H3,(H,12,13). The maximum Gasteiger partial charge on any atom is 0.490 e. The second-order valence-electron chi connectivity index (χ2n) is 3.69. The maximum atomic E-state index is 10.8. The Bertz CT molecular complexity index is 397. The van der Waals surface area contributed by atoms with E-state index in [4.69, 9.17) is 5.11 Å². The Morgan fingerprint density at radius 3 is 2.73 bits per heavy atom. The number of hydrogen-bond acceptors (Lipinski definition) is 5. The predicted molar refractivity (Wildman–Crippen MR) is 48.1 cm³/mol. The van der Waals surface area contributed by atoms with Gasteiger partial charge in [0.25, 0.3) is 0 Å². The molecule has 1 aromatic heterocycles. The Morgan fingerprint density at radius 1 is 1.73 bits per heavy atom. The molecule has 8 nitrogen and oxygen atoms in total. The van der Waals surface area contributed by atoms with Crippen molar-refractivity contribution in [3.05, 3.63) is 16.4 Å². The van der Waals surface area contributed by atoms with Gasteiger partial charge in [-0.3, -0.25) is 4.79 Å². The average Bonchev–Trinajstić information content (AvgIpc) is 2.51. The highest BCUT2D eigenvalue weighted by molar-refractivity contribution is 5.73. The van der Waals surface area contributed by atoms with Crippen LogP contribution in [-0.2, 0) is 11.3 Å². The molecule has 0 amide bonds. The van der Waals surface area contributed by atoms with E-state index in [1.54, 1.807) is 0 Å². The SMILES string of the molecule is CC(C)(Cn1cnc([N+](=O)[O-])n1)C(=O)O. The smallest absolute Gasteiger partial charge is 0.481 e. The van der Waals surface area contributed by atoms with Crippen molar-refractivity contribution < 1.29 is 14.8 Å². The van der Waals surface area contributed by atoms with Crippen LogP contribution in [0.1, 0.15) is 13.8 Å². The molecule has 0 aromatic carbocycles. The van der Waals surface area contributed by atoms with E-state index in [0.717, 1.165) is 11.0 Å². The summed E-state index contributed by atoms with van der Waals surface area (Å²) in [4.78, 5) is 23.7. The lowest BCUT2D eigenvalue weighted by molar-refractivity contribution is -0.394. The number of nitrogens with zero attached hydrogens (tertiary/aromatic N) is 4. The third kappa shape index (κ3) is 2.48. The second kappa shape index (κ2) is 3.64. The molecule has 15 heavy (non-hydrogen) atoms. The number of carbonyl (C=O) groups is 1. The summed E-state index contributed by atoms with van der Waals surface area (Å²) in [5.41, 5.74) is -1.04. The maximum absolute atomic E-state index is 10.8. The molecule has 0 saturated carbocycles. The highest BCUT2D eigenvalue weighted by Gasteiger charge is 2.30. The van der Waals surface area contributed by atoms with Crippen LogP contribution in [0.4, 0.5) is 5.95 Å². The third-order valence-corrected chi connectivity index (χ3v) is 1.82. The summed E-state index contributed by atoms with van der Waals surface area (Å²) in [7, 11) is 0. The normalized spacial score (nSPS) is 11.3. The van der Waals surface area contributed by atoms with Crippen molar-refractivity contribution in [1.82, 2.24) is 14.8 Å². The zero-order valence-electron chi connectivity index (χ0n) is 8.25. The molecular formula is C7H10N4O4. The van der Waals surface area contributed by atoms with Crippen LogP contribution < -0.4 is 0 Å². The molecule has 1 aromatic rings. The molecule has 1 heterocycles. The molecule has 82 valence electrons. The van der Waals surface area contributed by atoms with E-state index in [0.29, 0.717) is 0 Å². The third-order valence-electron chi connectivity index (χ3n) is 1.82. The number of hydrogen-bond donors (Lipinski definition) is 1. The first-order chi connectivity index (χ1) is 6.83. The molecule has 1 N–H and O–H groups in total. The van der Waals surface area contributed by atoms with E-state index in [9.17, 15) is 14.9 Å². The van der Waals surface area contributed by atoms with Gasteiger partial charge in [-0.25, -0.2) is 0 Å². The van der Waals surface area contributed by atoms with Crippen molar-refractivity contribution in [3.8, 4) is 0 Å². The minimum Gasteiger partial charge on any atom is -0.481 e. The fourth-order valence-corrected chi connectivity index (χ4v) is 0.917. The first kappa shape index (κ1) is 11.1. The Hall–Kier alpha value is -1.99. The summed E-state index contributed by atoms with van der Waals surface area (Å²) in [6, 6.07) is 0. The lowest BCUT2D eigenvalue weighted by Crippen LogP contribution is -2.29. The van der Waals surface area contributed by atoms with Crippen molar-refractivity contribution in [2.45, 2.75) is 20.4 Å². The summed E-state index contributed by atoms with van der Waals surface area (Å²) < 4.78 is 1.15. The highest BCUT2D eigenvalue weighted by Crippen LogP contribution is 2.17. The first-order valence-electron chi connectivity index (χ1n) is 4.10.